The number of nitrogens with zero attached hydrogens (tertiary/aromatic N) is 1. The zero-order valence-corrected chi connectivity index (χ0v) is 13.4. The van der Waals surface area contributed by atoms with E-state index in [1.807, 2.05) is 0 Å². The Labute approximate surface area is 134 Å². The predicted octanol–water partition coefficient (Wildman–Crippen LogP) is 1.98. The third kappa shape index (κ3) is 3.04. The number of carbonyl (C=O) groups excluding carboxylic acids is 1. The second-order valence-electron chi connectivity index (χ2n) is 4.44. The molecule has 0 fully saturated rings. The first-order valence-corrected chi connectivity index (χ1v) is 8.44. The fourth-order valence-electron chi connectivity index (χ4n) is 1.83. The first kappa shape index (κ1) is 14.8. The van der Waals surface area contributed by atoms with E-state index in [1.54, 1.807) is 18.2 Å². The number of carbonyl (C=O) groups is 1. The Bertz CT molecular complexity index is 837. The number of halogens is 1. The Balaban J connectivity index is 1.88. The van der Waals surface area contributed by atoms with E-state index in [-0.39, 0.29) is 29.0 Å². The molecule has 22 heavy (non-hydrogen) atoms. The maximum atomic E-state index is 12.3. The van der Waals surface area contributed by atoms with Crippen LogP contribution in [0.2, 0.25) is 0 Å². The minimum absolute atomic E-state index is 0.0847. The van der Waals surface area contributed by atoms with Gasteiger partial charge in [-0.2, -0.15) is 0 Å². The highest BCUT2D eigenvalue weighted by Gasteiger charge is 2.20. The van der Waals surface area contributed by atoms with Crippen molar-refractivity contribution in [2.45, 2.75) is 4.90 Å². The Morgan fingerprint density at radius 2 is 1.91 bits per heavy atom. The number of sulfonamides is 1. The molecule has 1 aliphatic rings. The number of aromatic nitrogens is 1. The maximum absolute atomic E-state index is 12.3. The highest BCUT2D eigenvalue weighted by atomic mass is 79.9. The molecule has 1 aromatic heterocycles. The number of hydrogen-bond donors (Lipinski definition) is 2. The molecule has 0 unspecified atom stereocenters. The molecule has 0 saturated carbocycles. The van der Waals surface area contributed by atoms with E-state index in [2.05, 4.69) is 31.0 Å². The van der Waals surface area contributed by atoms with Gasteiger partial charge in [0.15, 0.2) is 18.2 Å². The number of rotatable bonds is 3. The lowest BCUT2D eigenvalue weighted by Gasteiger charge is -2.17. The Kier molecular flexibility index (Phi) is 3.75. The van der Waals surface area contributed by atoms with Gasteiger partial charge in [0.05, 0.1) is 4.90 Å². The van der Waals surface area contributed by atoms with Crippen LogP contribution in [0.4, 0.5) is 11.6 Å². The zero-order chi connectivity index (χ0) is 15.7. The first-order chi connectivity index (χ1) is 10.4. The summed E-state index contributed by atoms with van der Waals surface area (Å²) in [5, 5.41) is 2.52. The van der Waals surface area contributed by atoms with Crippen LogP contribution in [-0.2, 0) is 14.8 Å². The summed E-state index contributed by atoms with van der Waals surface area (Å²) in [6.07, 6.45) is 0. The fourth-order valence-corrected chi connectivity index (χ4v) is 3.10. The Morgan fingerprint density at radius 1 is 1.18 bits per heavy atom. The van der Waals surface area contributed by atoms with E-state index in [1.165, 1.54) is 18.2 Å². The summed E-state index contributed by atoms with van der Waals surface area (Å²) in [4.78, 5) is 15.4. The van der Waals surface area contributed by atoms with Gasteiger partial charge >= 0.3 is 0 Å². The topological polar surface area (TPSA) is 97.4 Å². The molecule has 114 valence electrons. The van der Waals surface area contributed by atoms with E-state index in [4.69, 9.17) is 4.74 Å². The van der Waals surface area contributed by atoms with Crippen molar-refractivity contribution in [3.05, 3.63) is 40.9 Å². The van der Waals surface area contributed by atoms with Crippen LogP contribution in [0.5, 0.6) is 5.75 Å². The molecule has 0 atom stereocenters. The van der Waals surface area contributed by atoms with Crippen molar-refractivity contribution in [2.24, 2.45) is 0 Å². The van der Waals surface area contributed by atoms with E-state index in [9.17, 15) is 13.2 Å². The van der Waals surface area contributed by atoms with Crippen LogP contribution in [0.3, 0.4) is 0 Å². The van der Waals surface area contributed by atoms with Gasteiger partial charge in [-0.1, -0.05) is 15.9 Å². The van der Waals surface area contributed by atoms with Crippen molar-refractivity contribution in [2.75, 3.05) is 16.6 Å². The van der Waals surface area contributed by atoms with Gasteiger partial charge in [-0.15, -0.1) is 0 Å². The lowest BCUT2D eigenvalue weighted by molar-refractivity contribution is -0.118. The molecule has 0 aliphatic carbocycles. The standard InChI is InChI=1S/C13H10BrN3O4S/c14-8-1-3-9(4-2-8)22(19,20)17-11-6-5-10-13(15-11)16-12(18)7-21-10/h1-6H,7H2,(H2,15,16,17,18). The number of anilines is 2. The summed E-state index contributed by atoms with van der Waals surface area (Å²) in [7, 11) is -3.76. The van der Waals surface area contributed by atoms with Crippen LogP contribution < -0.4 is 14.8 Å². The number of pyridine rings is 1. The van der Waals surface area contributed by atoms with Crippen LogP contribution >= 0.6 is 15.9 Å². The van der Waals surface area contributed by atoms with Crippen LogP contribution in [-0.4, -0.2) is 25.9 Å². The number of nitrogens with one attached hydrogen (secondary N) is 2. The number of hydrogen-bond acceptors (Lipinski definition) is 5. The second kappa shape index (κ2) is 5.58. The van der Waals surface area contributed by atoms with Gasteiger partial charge < -0.3 is 10.1 Å². The minimum Gasteiger partial charge on any atom is -0.480 e. The lowest BCUT2D eigenvalue weighted by Crippen LogP contribution is -2.26. The van der Waals surface area contributed by atoms with Crippen molar-refractivity contribution >= 4 is 43.5 Å². The molecule has 2 N–H and O–H groups in total. The normalized spacial score (nSPS) is 13.8. The summed E-state index contributed by atoms with van der Waals surface area (Å²) in [5.41, 5.74) is 0. The number of fused-ring (bicyclic) bond motifs is 1. The summed E-state index contributed by atoms with van der Waals surface area (Å²) in [5.74, 6) is 0.332. The molecule has 0 saturated heterocycles. The molecule has 0 spiro atoms. The first-order valence-electron chi connectivity index (χ1n) is 6.16. The average molecular weight is 384 g/mol. The van der Waals surface area contributed by atoms with Crippen molar-refractivity contribution in [1.82, 2.24) is 4.98 Å². The number of benzene rings is 1. The van der Waals surface area contributed by atoms with Crippen LogP contribution in [0.25, 0.3) is 0 Å². The molecule has 2 heterocycles. The average Bonchev–Trinajstić information content (AvgIpc) is 2.47. The number of amides is 1. The maximum Gasteiger partial charge on any atom is 0.263 e. The fraction of sp³-hybridized carbons (Fsp3) is 0.0769. The smallest absolute Gasteiger partial charge is 0.263 e. The van der Waals surface area contributed by atoms with E-state index in [0.29, 0.717) is 5.75 Å². The summed E-state index contributed by atoms with van der Waals surface area (Å²) < 4.78 is 32.8. The van der Waals surface area contributed by atoms with Crippen LogP contribution in [0, 0.1) is 0 Å². The van der Waals surface area contributed by atoms with Gasteiger partial charge in [0, 0.05) is 4.47 Å². The molecule has 7 nitrogen and oxygen atoms in total. The predicted molar refractivity (Wildman–Crippen MR) is 83.3 cm³/mol. The highest BCUT2D eigenvalue weighted by Crippen LogP contribution is 2.27. The zero-order valence-electron chi connectivity index (χ0n) is 11.0. The Hall–Kier alpha value is -2.13. The quantitative estimate of drug-likeness (QED) is 0.844. The SMILES string of the molecule is O=C1COc2ccc(NS(=O)(=O)c3ccc(Br)cc3)nc2N1. The lowest BCUT2D eigenvalue weighted by atomic mass is 10.3. The molecule has 1 aliphatic heterocycles. The largest absolute Gasteiger partial charge is 0.480 e. The molecule has 1 amide bonds. The van der Waals surface area contributed by atoms with Crippen molar-refractivity contribution in [3.63, 3.8) is 0 Å². The monoisotopic (exact) mass is 383 g/mol. The van der Waals surface area contributed by atoms with E-state index >= 15 is 0 Å². The minimum atomic E-state index is -3.76. The highest BCUT2D eigenvalue weighted by molar-refractivity contribution is 9.10. The van der Waals surface area contributed by atoms with Crippen LogP contribution in [0.15, 0.2) is 45.8 Å². The summed E-state index contributed by atoms with van der Waals surface area (Å²) in [6.45, 7) is -0.0847. The van der Waals surface area contributed by atoms with Gasteiger partial charge in [-0.3, -0.25) is 9.52 Å². The Morgan fingerprint density at radius 3 is 2.64 bits per heavy atom. The van der Waals surface area contributed by atoms with Crippen LogP contribution in [0.1, 0.15) is 0 Å². The van der Waals surface area contributed by atoms with Crippen molar-refractivity contribution in [3.8, 4) is 5.75 Å². The molecular weight excluding hydrogens is 374 g/mol. The van der Waals surface area contributed by atoms with E-state index in [0.717, 1.165) is 4.47 Å². The molecule has 0 bridgehead atoms. The molecule has 0 radical (unpaired) electrons. The molecule has 1 aromatic carbocycles. The molecular formula is C13H10BrN3O4S. The van der Waals surface area contributed by atoms with Crippen molar-refractivity contribution in [1.29, 1.82) is 0 Å². The second-order valence-corrected chi connectivity index (χ2v) is 7.04. The van der Waals surface area contributed by atoms with Gasteiger partial charge in [0.1, 0.15) is 5.82 Å². The van der Waals surface area contributed by atoms with Gasteiger partial charge in [0.2, 0.25) is 0 Å². The molecule has 2 aromatic rings. The third-order valence-electron chi connectivity index (χ3n) is 2.84. The van der Waals surface area contributed by atoms with Gasteiger partial charge in [-0.25, -0.2) is 13.4 Å². The third-order valence-corrected chi connectivity index (χ3v) is 4.74. The number of ether oxygens (including phenoxy) is 1. The van der Waals surface area contributed by atoms with Gasteiger partial charge in [-0.05, 0) is 36.4 Å². The summed E-state index contributed by atoms with van der Waals surface area (Å²) in [6, 6.07) is 9.20. The molecule has 3 rings (SSSR count). The molecule has 9 heteroatoms. The van der Waals surface area contributed by atoms with Gasteiger partial charge in [0.25, 0.3) is 15.9 Å². The van der Waals surface area contributed by atoms with Crippen molar-refractivity contribution < 1.29 is 17.9 Å². The summed E-state index contributed by atoms with van der Waals surface area (Å²) >= 11 is 3.24. The van der Waals surface area contributed by atoms with E-state index < -0.39 is 10.0 Å².